The molecule has 24 heavy (non-hydrogen) atoms. The Morgan fingerprint density at radius 3 is 2.12 bits per heavy atom. The van der Waals surface area contributed by atoms with Gasteiger partial charge in [0.2, 0.25) is 0 Å². The van der Waals surface area contributed by atoms with Crippen LogP contribution >= 0.6 is 15.9 Å². The molecule has 0 fully saturated rings. The number of carbonyl (C=O) groups is 1. The first-order valence-corrected chi connectivity index (χ1v) is 8.43. The molecule has 0 aliphatic rings. The fourth-order valence-electron chi connectivity index (χ4n) is 2.49. The summed E-state index contributed by atoms with van der Waals surface area (Å²) in [6, 6.07) is 15.1. The van der Waals surface area contributed by atoms with Crippen LogP contribution < -0.4 is 10.2 Å². The Kier molecular flexibility index (Phi) is 5.51. The first-order chi connectivity index (χ1) is 11.7. The summed E-state index contributed by atoms with van der Waals surface area (Å²) in [7, 11) is 0. The van der Waals surface area contributed by atoms with Crippen molar-refractivity contribution in [2.24, 2.45) is 0 Å². The van der Waals surface area contributed by atoms with E-state index in [1.165, 1.54) is 0 Å². The Bertz CT molecular complexity index is 733. The molecule has 2 heterocycles. The normalized spacial score (nSPS) is 10.9. The van der Waals surface area contributed by atoms with Gasteiger partial charge in [0.05, 0.1) is 18.2 Å². The number of halogens is 1. The van der Waals surface area contributed by atoms with Gasteiger partial charge in [0.25, 0.3) is 5.91 Å². The Hall–Kier alpha value is -2.31. The molecule has 0 saturated carbocycles. The van der Waals surface area contributed by atoms with Crippen LogP contribution in [0.25, 0.3) is 0 Å². The third-order valence-corrected chi connectivity index (χ3v) is 4.26. The van der Waals surface area contributed by atoms with Crippen molar-refractivity contribution < 1.29 is 18.5 Å². The standard InChI is InChI=1S/C18H17BrN2O3/c19-16-7-1-2-8-17(16)20-18(22)13-21(11-14-5-3-9-23-14)12-15-6-4-10-24-15/h1-10H,11-13H2,(H,20,22)/p+1. The molecule has 0 bridgehead atoms. The highest BCUT2D eigenvalue weighted by atomic mass is 79.9. The van der Waals surface area contributed by atoms with E-state index in [2.05, 4.69) is 21.2 Å². The van der Waals surface area contributed by atoms with E-state index < -0.39 is 0 Å². The largest absolute Gasteiger partial charge is 0.463 e. The zero-order valence-electron chi connectivity index (χ0n) is 13.0. The summed E-state index contributed by atoms with van der Waals surface area (Å²) >= 11 is 3.44. The van der Waals surface area contributed by atoms with Gasteiger partial charge >= 0.3 is 0 Å². The van der Waals surface area contributed by atoms with Gasteiger partial charge < -0.3 is 19.1 Å². The number of quaternary nitrogens is 1. The summed E-state index contributed by atoms with van der Waals surface area (Å²) in [5.41, 5.74) is 0.762. The molecule has 0 spiro atoms. The Morgan fingerprint density at radius 2 is 1.58 bits per heavy atom. The lowest BCUT2D eigenvalue weighted by atomic mass is 10.3. The number of benzene rings is 1. The Balaban J connectivity index is 1.66. The predicted molar refractivity (Wildman–Crippen MR) is 93.4 cm³/mol. The minimum absolute atomic E-state index is 0.0602. The van der Waals surface area contributed by atoms with E-state index >= 15 is 0 Å². The van der Waals surface area contributed by atoms with Crippen molar-refractivity contribution in [3.05, 3.63) is 77.1 Å². The molecule has 6 heteroatoms. The molecular formula is C18H18BrN2O3+. The number of furan rings is 2. The number of hydrogen-bond donors (Lipinski definition) is 2. The van der Waals surface area contributed by atoms with Gasteiger partial charge in [-0.15, -0.1) is 0 Å². The van der Waals surface area contributed by atoms with Gasteiger partial charge in [-0.25, -0.2) is 0 Å². The Morgan fingerprint density at radius 1 is 0.958 bits per heavy atom. The van der Waals surface area contributed by atoms with E-state index in [0.717, 1.165) is 26.6 Å². The van der Waals surface area contributed by atoms with E-state index in [0.29, 0.717) is 19.6 Å². The molecule has 2 aromatic heterocycles. The molecule has 124 valence electrons. The van der Waals surface area contributed by atoms with Crippen LogP contribution in [0.5, 0.6) is 0 Å². The SMILES string of the molecule is O=C(C[NH+](Cc1ccco1)Cc1ccco1)Nc1ccccc1Br. The van der Waals surface area contributed by atoms with Crippen molar-refractivity contribution >= 4 is 27.5 Å². The molecule has 2 N–H and O–H groups in total. The van der Waals surface area contributed by atoms with Gasteiger partial charge in [0.1, 0.15) is 13.1 Å². The number of carbonyl (C=O) groups excluding carboxylic acids is 1. The molecule has 0 radical (unpaired) electrons. The Labute approximate surface area is 148 Å². The lowest BCUT2D eigenvalue weighted by molar-refractivity contribution is -0.921. The summed E-state index contributed by atoms with van der Waals surface area (Å²) in [6.07, 6.45) is 3.28. The minimum atomic E-state index is -0.0602. The fraction of sp³-hybridized carbons (Fsp3) is 0.167. The van der Waals surface area contributed by atoms with E-state index in [-0.39, 0.29) is 5.91 Å². The van der Waals surface area contributed by atoms with Crippen molar-refractivity contribution in [2.45, 2.75) is 13.1 Å². The average molecular weight is 390 g/mol. The third-order valence-electron chi connectivity index (χ3n) is 3.57. The van der Waals surface area contributed by atoms with Crippen LogP contribution in [0.2, 0.25) is 0 Å². The van der Waals surface area contributed by atoms with Crippen molar-refractivity contribution in [1.29, 1.82) is 0 Å². The smallest absolute Gasteiger partial charge is 0.279 e. The monoisotopic (exact) mass is 389 g/mol. The zero-order chi connectivity index (χ0) is 16.8. The second-order valence-electron chi connectivity index (χ2n) is 5.47. The number of amides is 1. The third kappa shape index (κ3) is 4.59. The first kappa shape index (κ1) is 16.5. The van der Waals surface area contributed by atoms with E-state index in [9.17, 15) is 4.79 Å². The summed E-state index contributed by atoms with van der Waals surface area (Å²) in [6.45, 7) is 1.52. The maximum Gasteiger partial charge on any atom is 0.279 e. The molecule has 0 aliphatic carbocycles. The van der Waals surface area contributed by atoms with Gasteiger partial charge in [0, 0.05) is 4.47 Å². The van der Waals surface area contributed by atoms with Crippen molar-refractivity contribution in [1.82, 2.24) is 0 Å². The first-order valence-electron chi connectivity index (χ1n) is 7.63. The van der Waals surface area contributed by atoms with Crippen LogP contribution in [0.4, 0.5) is 5.69 Å². The molecule has 1 amide bonds. The highest BCUT2D eigenvalue weighted by Crippen LogP contribution is 2.20. The predicted octanol–water partition coefficient (Wildman–Crippen LogP) is 2.86. The van der Waals surface area contributed by atoms with Gasteiger partial charge in [-0.1, -0.05) is 12.1 Å². The van der Waals surface area contributed by atoms with Crippen LogP contribution in [-0.4, -0.2) is 12.5 Å². The molecule has 0 atom stereocenters. The molecule has 1 aromatic carbocycles. The molecule has 3 rings (SSSR count). The fourth-order valence-corrected chi connectivity index (χ4v) is 2.87. The number of para-hydroxylation sites is 1. The van der Waals surface area contributed by atoms with Crippen LogP contribution in [0.3, 0.4) is 0 Å². The van der Waals surface area contributed by atoms with E-state index in [1.54, 1.807) is 12.5 Å². The maximum absolute atomic E-state index is 12.4. The van der Waals surface area contributed by atoms with Crippen molar-refractivity contribution in [3.63, 3.8) is 0 Å². The molecule has 3 aromatic rings. The highest BCUT2D eigenvalue weighted by Gasteiger charge is 2.18. The zero-order valence-corrected chi connectivity index (χ0v) is 14.6. The van der Waals surface area contributed by atoms with Crippen LogP contribution in [0.15, 0.2) is 74.4 Å². The molecule has 0 aliphatic heterocycles. The number of anilines is 1. The van der Waals surface area contributed by atoms with Gasteiger partial charge in [0.15, 0.2) is 18.1 Å². The molecule has 0 unspecified atom stereocenters. The molecule has 0 saturated heterocycles. The number of rotatable bonds is 7. The van der Waals surface area contributed by atoms with E-state index in [1.807, 2.05) is 48.5 Å². The average Bonchev–Trinajstić information content (AvgIpc) is 3.23. The molecule has 5 nitrogen and oxygen atoms in total. The van der Waals surface area contributed by atoms with Gasteiger partial charge in [-0.05, 0) is 52.3 Å². The number of hydrogen-bond acceptors (Lipinski definition) is 3. The van der Waals surface area contributed by atoms with Crippen molar-refractivity contribution in [3.8, 4) is 0 Å². The minimum Gasteiger partial charge on any atom is -0.463 e. The molecular weight excluding hydrogens is 372 g/mol. The lowest BCUT2D eigenvalue weighted by Crippen LogP contribution is -3.10. The van der Waals surface area contributed by atoms with Crippen molar-refractivity contribution in [2.75, 3.05) is 11.9 Å². The quantitative estimate of drug-likeness (QED) is 0.652. The van der Waals surface area contributed by atoms with Crippen LogP contribution in [0, 0.1) is 0 Å². The lowest BCUT2D eigenvalue weighted by Gasteiger charge is -2.17. The highest BCUT2D eigenvalue weighted by molar-refractivity contribution is 9.10. The second-order valence-corrected chi connectivity index (χ2v) is 6.32. The van der Waals surface area contributed by atoms with Crippen LogP contribution in [-0.2, 0) is 17.9 Å². The van der Waals surface area contributed by atoms with Gasteiger partial charge in [-0.2, -0.15) is 0 Å². The summed E-state index contributed by atoms with van der Waals surface area (Å²) in [5, 5.41) is 2.93. The van der Waals surface area contributed by atoms with E-state index in [4.69, 9.17) is 8.83 Å². The van der Waals surface area contributed by atoms with Gasteiger partial charge in [-0.3, -0.25) is 4.79 Å². The second kappa shape index (κ2) is 7.99. The maximum atomic E-state index is 12.4. The topological polar surface area (TPSA) is 59.8 Å². The summed E-state index contributed by atoms with van der Waals surface area (Å²) < 4.78 is 11.7. The summed E-state index contributed by atoms with van der Waals surface area (Å²) in [4.78, 5) is 13.4. The van der Waals surface area contributed by atoms with Crippen LogP contribution in [0.1, 0.15) is 11.5 Å². The summed E-state index contributed by atoms with van der Waals surface area (Å²) in [5.74, 6) is 1.62. The number of nitrogens with one attached hydrogen (secondary N) is 2.